The summed E-state index contributed by atoms with van der Waals surface area (Å²) < 4.78 is 27.1. The van der Waals surface area contributed by atoms with Crippen molar-refractivity contribution >= 4 is 5.97 Å². The molecule has 2 aliphatic heterocycles. The van der Waals surface area contributed by atoms with Crippen LogP contribution >= 0.6 is 0 Å². The van der Waals surface area contributed by atoms with Crippen LogP contribution in [0.3, 0.4) is 0 Å². The highest BCUT2D eigenvalue weighted by Gasteiger charge is 2.56. The molecule has 0 unspecified atom stereocenters. The molecule has 0 aromatic rings. The van der Waals surface area contributed by atoms with E-state index in [1.807, 2.05) is 13.8 Å². The van der Waals surface area contributed by atoms with Crippen molar-refractivity contribution in [1.29, 1.82) is 0 Å². The highest BCUT2D eigenvalue weighted by molar-refractivity contribution is 5.70. The van der Waals surface area contributed by atoms with Gasteiger partial charge in [0, 0.05) is 13.2 Å². The van der Waals surface area contributed by atoms with Crippen LogP contribution in [-0.2, 0) is 28.5 Å². The van der Waals surface area contributed by atoms with Gasteiger partial charge in [-0.15, -0.1) is 0 Å². The molecule has 2 heterocycles. The average Bonchev–Trinajstić information content (AvgIpc) is 2.80. The van der Waals surface area contributed by atoms with Gasteiger partial charge in [-0.1, -0.05) is 0 Å². The second-order valence-electron chi connectivity index (χ2n) is 5.21. The first-order valence-corrected chi connectivity index (χ1v) is 6.24. The van der Waals surface area contributed by atoms with E-state index < -0.39 is 24.2 Å². The minimum atomic E-state index is -0.705. The van der Waals surface area contributed by atoms with Crippen LogP contribution in [-0.4, -0.2) is 56.6 Å². The number of nitrogens with two attached hydrogens (primary N) is 1. The Labute approximate surface area is 112 Å². The van der Waals surface area contributed by atoms with Gasteiger partial charge in [0.25, 0.3) is 0 Å². The molecule has 0 bridgehead atoms. The van der Waals surface area contributed by atoms with Crippen molar-refractivity contribution in [3.05, 3.63) is 0 Å². The lowest BCUT2D eigenvalue weighted by atomic mass is 10.0. The number of ether oxygens (including phenoxy) is 5. The zero-order chi connectivity index (χ0) is 14.2. The summed E-state index contributed by atoms with van der Waals surface area (Å²) in [6.07, 6.45) is -1.63. The van der Waals surface area contributed by atoms with Gasteiger partial charge in [-0.05, 0) is 13.8 Å². The molecular weight excluding hydrogens is 254 g/mol. The molecule has 7 heteroatoms. The zero-order valence-electron chi connectivity index (χ0n) is 11.6. The molecule has 0 radical (unpaired) electrons. The fraction of sp³-hybridized carbons (Fsp3) is 0.917. The smallest absolute Gasteiger partial charge is 0.307 e. The third-order valence-corrected chi connectivity index (χ3v) is 3.35. The van der Waals surface area contributed by atoms with Crippen molar-refractivity contribution in [2.75, 3.05) is 14.2 Å². The molecule has 0 aliphatic carbocycles. The molecule has 0 spiro atoms. The molecule has 2 saturated heterocycles. The Morgan fingerprint density at radius 1 is 1.37 bits per heavy atom. The van der Waals surface area contributed by atoms with E-state index in [1.54, 1.807) is 7.11 Å². The lowest BCUT2D eigenvalue weighted by molar-refractivity contribution is -0.219. The standard InChI is InChI=1S/C12H21NO6/c1-12(2)18-10-9(16-4)8(17-11(10)19-12)6(13)5-7(14)15-3/h6,8-11H,5,13H2,1-4H3/t6-,8-,9+,10-,11-/m1/s1. The molecule has 0 saturated carbocycles. The first kappa shape index (κ1) is 14.7. The van der Waals surface area contributed by atoms with Gasteiger partial charge in [-0.3, -0.25) is 4.79 Å². The zero-order valence-corrected chi connectivity index (χ0v) is 11.6. The third kappa shape index (κ3) is 2.90. The lowest BCUT2D eigenvalue weighted by Gasteiger charge is -2.27. The quantitative estimate of drug-likeness (QED) is 0.709. The summed E-state index contributed by atoms with van der Waals surface area (Å²) in [4.78, 5) is 11.3. The highest BCUT2D eigenvalue weighted by Crippen LogP contribution is 2.39. The Bertz CT molecular complexity index is 347. The van der Waals surface area contributed by atoms with Crippen molar-refractivity contribution in [2.45, 2.75) is 56.7 Å². The largest absolute Gasteiger partial charge is 0.469 e. The summed E-state index contributed by atoms with van der Waals surface area (Å²) in [7, 11) is 2.88. The predicted octanol–water partition coefficient (Wildman–Crippen LogP) is -0.232. The Morgan fingerprint density at radius 3 is 2.63 bits per heavy atom. The lowest BCUT2D eigenvalue weighted by Crippen LogP contribution is -2.47. The van der Waals surface area contributed by atoms with Gasteiger partial charge in [0.1, 0.15) is 18.3 Å². The van der Waals surface area contributed by atoms with E-state index in [9.17, 15) is 4.79 Å². The monoisotopic (exact) mass is 275 g/mol. The molecule has 19 heavy (non-hydrogen) atoms. The number of rotatable bonds is 4. The van der Waals surface area contributed by atoms with Crippen molar-refractivity contribution in [3.63, 3.8) is 0 Å². The molecular formula is C12H21NO6. The number of fused-ring (bicyclic) bond motifs is 1. The fourth-order valence-electron chi connectivity index (χ4n) is 2.51. The average molecular weight is 275 g/mol. The van der Waals surface area contributed by atoms with Crippen LogP contribution in [0.15, 0.2) is 0 Å². The first-order chi connectivity index (χ1) is 8.88. The Balaban J connectivity index is 2.03. The maximum atomic E-state index is 11.3. The van der Waals surface area contributed by atoms with E-state index in [2.05, 4.69) is 4.74 Å². The van der Waals surface area contributed by atoms with Gasteiger partial charge in [-0.2, -0.15) is 0 Å². The topological polar surface area (TPSA) is 89.2 Å². The van der Waals surface area contributed by atoms with Gasteiger partial charge >= 0.3 is 5.97 Å². The van der Waals surface area contributed by atoms with Crippen molar-refractivity contribution < 1.29 is 28.5 Å². The van der Waals surface area contributed by atoms with E-state index in [0.717, 1.165) is 0 Å². The maximum Gasteiger partial charge on any atom is 0.307 e. The van der Waals surface area contributed by atoms with Gasteiger partial charge in [0.05, 0.1) is 13.5 Å². The number of carbonyl (C=O) groups is 1. The molecule has 2 fully saturated rings. The molecule has 0 aromatic heterocycles. The van der Waals surface area contributed by atoms with Crippen molar-refractivity contribution in [2.24, 2.45) is 5.73 Å². The van der Waals surface area contributed by atoms with Crippen LogP contribution in [0.5, 0.6) is 0 Å². The molecule has 0 aromatic carbocycles. The van der Waals surface area contributed by atoms with Crippen LogP contribution in [0.4, 0.5) is 0 Å². The molecule has 2 N–H and O–H groups in total. The van der Waals surface area contributed by atoms with Crippen LogP contribution in [0, 0.1) is 0 Å². The molecule has 2 aliphatic rings. The number of hydrogen-bond donors (Lipinski definition) is 1. The Kier molecular flexibility index (Phi) is 4.12. The minimum absolute atomic E-state index is 0.0594. The highest BCUT2D eigenvalue weighted by atomic mass is 16.8. The molecule has 0 amide bonds. The van der Waals surface area contributed by atoms with Crippen LogP contribution < -0.4 is 5.73 Å². The fourth-order valence-corrected chi connectivity index (χ4v) is 2.51. The van der Waals surface area contributed by atoms with E-state index >= 15 is 0 Å². The summed E-state index contributed by atoms with van der Waals surface area (Å²) in [5.74, 6) is -1.09. The second-order valence-corrected chi connectivity index (χ2v) is 5.21. The van der Waals surface area contributed by atoms with E-state index in [0.29, 0.717) is 0 Å². The maximum absolute atomic E-state index is 11.3. The van der Waals surface area contributed by atoms with E-state index in [-0.39, 0.29) is 24.6 Å². The Morgan fingerprint density at radius 2 is 2.05 bits per heavy atom. The summed E-state index contributed by atoms with van der Waals surface area (Å²) in [5, 5.41) is 0. The number of hydrogen-bond acceptors (Lipinski definition) is 7. The summed E-state index contributed by atoms with van der Waals surface area (Å²) in [6.45, 7) is 3.62. The molecule has 7 nitrogen and oxygen atoms in total. The summed E-state index contributed by atoms with van der Waals surface area (Å²) in [5.41, 5.74) is 5.98. The predicted molar refractivity (Wildman–Crippen MR) is 64.1 cm³/mol. The third-order valence-electron chi connectivity index (χ3n) is 3.35. The molecule has 5 atom stereocenters. The molecule has 110 valence electrons. The molecule has 2 rings (SSSR count). The first-order valence-electron chi connectivity index (χ1n) is 6.24. The number of methoxy groups -OCH3 is 2. The van der Waals surface area contributed by atoms with Gasteiger partial charge in [0.15, 0.2) is 12.1 Å². The van der Waals surface area contributed by atoms with E-state index in [1.165, 1.54) is 7.11 Å². The van der Waals surface area contributed by atoms with Gasteiger partial charge in [0.2, 0.25) is 0 Å². The normalized spacial score (nSPS) is 37.9. The summed E-state index contributed by atoms with van der Waals surface area (Å²) >= 11 is 0. The van der Waals surface area contributed by atoms with E-state index in [4.69, 9.17) is 24.7 Å². The van der Waals surface area contributed by atoms with Crippen molar-refractivity contribution in [1.82, 2.24) is 0 Å². The number of esters is 1. The van der Waals surface area contributed by atoms with Crippen LogP contribution in [0.25, 0.3) is 0 Å². The number of carbonyl (C=O) groups excluding carboxylic acids is 1. The van der Waals surface area contributed by atoms with Gasteiger partial charge in [-0.25, -0.2) is 0 Å². The SMILES string of the molecule is COC(=O)C[C@@H](N)[C@H]1O[C@@H]2OC(C)(C)O[C@@H]2[C@H]1OC. The van der Waals surface area contributed by atoms with Crippen LogP contribution in [0.2, 0.25) is 0 Å². The second kappa shape index (κ2) is 5.34. The van der Waals surface area contributed by atoms with Crippen LogP contribution in [0.1, 0.15) is 20.3 Å². The van der Waals surface area contributed by atoms with Gasteiger partial charge < -0.3 is 29.4 Å². The minimum Gasteiger partial charge on any atom is -0.469 e. The Hall–Kier alpha value is -0.730. The summed E-state index contributed by atoms with van der Waals surface area (Å²) in [6, 6.07) is -0.529. The van der Waals surface area contributed by atoms with Crippen molar-refractivity contribution in [3.8, 4) is 0 Å².